The van der Waals surface area contributed by atoms with Gasteiger partial charge in [0, 0.05) is 47.3 Å². The summed E-state index contributed by atoms with van der Waals surface area (Å²) in [6.07, 6.45) is 9.17. The van der Waals surface area contributed by atoms with Crippen molar-refractivity contribution in [1.29, 1.82) is 5.26 Å². The van der Waals surface area contributed by atoms with Gasteiger partial charge in [-0.2, -0.15) is 5.26 Å². The standard InChI is InChI=1S/C25H24N6/c1-17-22-11-12-28-24(22)10-9-23(17)30-25-18(14-27-15-19(25)13-26)7-8-20-5-4-6-21(29-20)16-31(2)3/h4-12,14-15,28H,16H2,1-3H3,(H,27,30)/b8-7+. The van der Waals surface area contributed by atoms with Crippen LogP contribution in [-0.2, 0) is 6.54 Å². The summed E-state index contributed by atoms with van der Waals surface area (Å²) in [5.74, 6) is 0. The van der Waals surface area contributed by atoms with Crippen molar-refractivity contribution in [2.75, 3.05) is 19.4 Å². The van der Waals surface area contributed by atoms with E-state index in [2.05, 4.69) is 44.2 Å². The number of nitrogens with one attached hydrogen (secondary N) is 2. The van der Waals surface area contributed by atoms with Crippen LogP contribution in [0.4, 0.5) is 11.4 Å². The molecule has 0 radical (unpaired) electrons. The molecule has 6 nitrogen and oxygen atoms in total. The Morgan fingerprint density at radius 1 is 1.13 bits per heavy atom. The van der Waals surface area contributed by atoms with Gasteiger partial charge in [0.2, 0.25) is 0 Å². The van der Waals surface area contributed by atoms with Crippen LogP contribution in [0, 0.1) is 18.3 Å². The van der Waals surface area contributed by atoms with E-state index in [-0.39, 0.29) is 0 Å². The SMILES string of the molecule is Cc1c(Nc2c(C#N)cncc2/C=C/c2cccc(CN(C)C)n2)ccc2[nH]ccc12. The van der Waals surface area contributed by atoms with Gasteiger partial charge in [0.25, 0.3) is 0 Å². The Bertz CT molecular complexity index is 1290. The summed E-state index contributed by atoms with van der Waals surface area (Å²) < 4.78 is 0. The van der Waals surface area contributed by atoms with E-state index in [9.17, 15) is 5.26 Å². The first-order chi connectivity index (χ1) is 15.0. The number of aromatic nitrogens is 3. The van der Waals surface area contributed by atoms with E-state index in [1.807, 2.05) is 62.8 Å². The number of pyridine rings is 2. The average Bonchev–Trinajstić information content (AvgIpc) is 3.24. The second-order valence-electron chi connectivity index (χ2n) is 7.69. The fourth-order valence-electron chi connectivity index (χ4n) is 3.56. The van der Waals surface area contributed by atoms with Gasteiger partial charge in [-0.25, -0.2) is 0 Å². The zero-order chi connectivity index (χ0) is 21.8. The lowest BCUT2D eigenvalue weighted by molar-refractivity contribution is 0.397. The molecule has 0 aliphatic heterocycles. The van der Waals surface area contributed by atoms with E-state index in [4.69, 9.17) is 0 Å². The highest BCUT2D eigenvalue weighted by Gasteiger charge is 2.11. The van der Waals surface area contributed by atoms with Gasteiger partial charge < -0.3 is 15.2 Å². The predicted octanol–water partition coefficient (Wildman–Crippen LogP) is 5.11. The molecule has 1 aromatic carbocycles. The van der Waals surface area contributed by atoms with Crippen LogP contribution in [-0.4, -0.2) is 33.9 Å². The van der Waals surface area contributed by atoms with Crippen LogP contribution in [0.3, 0.4) is 0 Å². The fraction of sp³-hybridized carbons (Fsp3) is 0.160. The molecule has 6 heteroatoms. The molecule has 0 saturated heterocycles. The van der Waals surface area contributed by atoms with Gasteiger partial charge in [-0.3, -0.25) is 9.97 Å². The molecule has 0 aliphatic rings. The van der Waals surface area contributed by atoms with Crippen LogP contribution in [0.2, 0.25) is 0 Å². The molecule has 0 atom stereocenters. The fourth-order valence-corrected chi connectivity index (χ4v) is 3.56. The summed E-state index contributed by atoms with van der Waals surface area (Å²) in [5, 5.41) is 14.3. The number of benzene rings is 1. The zero-order valence-corrected chi connectivity index (χ0v) is 17.8. The maximum Gasteiger partial charge on any atom is 0.103 e. The molecule has 154 valence electrons. The summed E-state index contributed by atoms with van der Waals surface area (Å²) in [6.45, 7) is 2.85. The molecule has 0 aliphatic carbocycles. The molecule has 3 aromatic heterocycles. The average molecular weight is 409 g/mol. The van der Waals surface area contributed by atoms with Crippen molar-refractivity contribution in [3.8, 4) is 6.07 Å². The smallest absolute Gasteiger partial charge is 0.103 e. The molecule has 4 aromatic rings. The van der Waals surface area contributed by atoms with Crippen LogP contribution in [0.25, 0.3) is 23.1 Å². The van der Waals surface area contributed by atoms with E-state index in [0.717, 1.165) is 51.3 Å². The number of aryl methyl sites for hydroxylation is 1. The molecule has 0 fully saturated rings. The third-order valence-electron chi connectivity index (χ3n) is 5.10. The molecule has 0 saturated carbocycles. The molecular formula is C25H24N6. The monoisotopic (exact) mass is 408 g/mol. The summed E-state index contributed by atoms with van der Waals surface area (Å²) >= 11 is 0. The lowest BCUT2D eigenvalue weighted by atomic mass is 10.1. The highest BCUT2D eigenvalue weighted by Crippen LogP contribution is 2.31. The predicted molar refractivity (Wildman–Crippen MR) is 126 cm³/mol. The maximum absolute atomic E-state index is 9.66. The topological polar surface area (TPSA) is 80.6 Å². The number of rotatable bonds is 6. The minimum atomic E-state index is 0.491. The minimum absolute atomic E-state index is 0.491. The number of hydrogen-bond donors (Lipinski definition) is 2. The number of hydrogen-bond acceptors (Lipinski definition) is 5. The van der Waals surface area contributed by atoms with Gasteiger partial charge in [0.05, 0.1) is 22.6 Å². The molecule has 3 heterocycles. The van der Waals surface area contributed by atoms with Crippen molar-refractivity contribution in [3.63, 3.8) is 0 Å². The Hall–Kier alpha value is -3.95. The van der Waals surface area contributed by atoms with Crippen LogP contribution >= 0.6 is 0 Å². The number of aromatic amines is 1. The highest BCUT2D eigenvalue weighted by molar-refractivity contribution is 5.90. The van der Waals surface area contributed by atoms with Crippen molar-refractivity contribution < 1.29 is 0 Å². The molecule has 0 unspecified atom stereocenters. The van der Waals surface area contributed by atoms with Gasteiger partial charge in [0.1, 0.15) is 6.07 Å². The largest absolute Gasteiger partial charge is 0.361 e. The van der Waals surface area contributed by atoms with E-state index in [1.165, 1.54) is 0 Å². The summed E-state index contributed by atoms with van der Waals surface area (Å²) in [7, 11) is 4.04. The molecule has 2 N–H and O–H groups in total. The molecule has 4 rings (SSSR count). The number of fused-ring (bicyclic) bond motifs is 1. The first kappa shape index (κ1) is 20.3. The highest BCUT2D eigenvalue weighted by atomic mass is 15.1. The van der Waals surface area contributed by atoms with Crippen molar-refractivity contribution in [2.45, 2.75) is 13.5 Å². The van der Waals surface area contributed by atoms with Gasteiger partial charge in [-0.05, 0) is 69.1 Å². The Kier molecular flexibility index (Phi) is 5.78. The van der Waals surface area contributed by atoms with Crippen LogP contribution in [0.1, 0.15) is 28.1 Å². The van der Waals surface area contributed by atoms with Crippen molar-refractivity contribution in [2.24, 2.45) is 0 Å². The number of nitrogens with zero attached hydrogens (tertiary/aromatic N) is 4. The Balaban J connectivity index is 1.69. The van der Waals surface area contributed by atoms with E-state index in [0.29, 0.717) is 5.56 Å². The first-order valence-corrected chi connectivity index (χ1v) is 10.1. The number of nitriles is 1. The molecular weight excluding hydrogens is 384 g/mol. The van der Waals surface area contributed by atoms with Crippen molar-refractivity contribution >= 4 is 34.4 Å². The molecule has 0 bridgehead atoms. The summed E-state index contributed by atoms with van der Waals surface area (Å²) in [6, 6.07) is 14.4. The van der Waals surface area contributed by atoms with Gasteiger partial charge in [-0.1, -0.05) is 6.07 Å². The van der Waals surface area contributed by atoms with E-state index in [1.54, 1.807) is 12.4 Å². The second kappa shape index (κ2) is 8.82. The van der Waals surface area contributed by atoms with Crippen LogP contribution in [0.5, 0.6) is 0 Å². The third kappa shape index (κ3) is 4.47. The Morgan fingerprint density at radius 2 is 2.00 bits per heavy atom. The molecule has 31 heavy (non-hydrogen) atoms. The quantitative estimate of drug-likeness (QED) is 0.463. The van der Waals surface area contributed by atoms with Crippen LogP contribution < -0.4 is 5.32 Å². The second-order valence-corrected chi connectivity index (χ2v) is 7.69. The van der Waals surface area contributed by atoms with E-state index >= 15 is 0 Å². The Morgan fingerprint density at radius 3 is 2.81 bits per heavy atom. The first-order valence-electron chi connectivity index (χ1n) is 10.1. The third-order valence-corrected chi connectivity index (χ3v) is 5.10. The molecule has 0 spiro atoms. The maximum atomic E-state index is 9.66. The molecule has 0 amide bonds. The summed E-state index contributed by atoms with van der Waals surface area (Å²) in [5.41, 5.74) is 7.07. The number of anilines is 2. The lowest BCUT2D eigenvalue weighted by Crippen LogP contribution is -2.11. The van der Waals surface area contributed by atoms with Gasteiger partial charge >= 0.3 is 0 Å². The van der Waals surface area contributed by atoms with Gasteiger partial charge in [0.15, 0.2) is 0 Å². The van der Waals surface area contributed by atoms with E-state index < -0.39 is 0 Å². The zero-order valence-electron chi connectivity index (χ0n) is 17.8. The normalized spacial score (nSPS) is 11.3. The summed E-state index contributed by atoms with van der Waals surface area (Å²) in [4.78, 5) is 14.2. The lowest BCUT2D eigenvalue weighted by Gasteiger charge is -2.14. The van der Waals surface area contributed by atoms with Crippen molar-refractivity contribution in [1.82, 2.24) is 19.9 Å². The number of H-pyrrole nitrogens is 1. The van der Waals surface area contributed by atoms with Gasteiger partial charge in [-0.15, -0.1) is 0 Å². The van der Waals surface area contributed by atoms with Crippen molar-refractivity contribution in [3.05, 3.63) is 83.1 Å². The Labute approximate surface area is 181 Å². The minimum Gasteiger partial charge on any atom is -0.361 e. The van der Waals surface area contributed by atoms with Crippen LogP contribution in [0.15, 0.2) is 55.0 Å².